The molecule has 5 heteroatoms. The first-order chi connectivity index (χ1) is 15.7. The van der Waals surface area contributed by atoms with Crippen LogP contribution in [0.3, 0.4) is 0 Å². The van der Waals surface area contributed by atoms with E-state index in [1.54, 1.807) is 30.5 Å². The Morgan fingerprint density at radius 2 is 1.59 bits per heavy atom. The molecule has 0 aliphatic heterocycles. The number of hydrogen-bond donors (Lipinski definition) is 2. The third-order valence-electron chi connectivity index (χ3n) is 5.26. The minimum atomic E-state index is -0.902. The zero-order valence-electron chi connectivity index (χ0n) is 17.4. The van der Waals surface area contributed by atoms with Crippen molar-refractivity contribution in [2.24, 2.45) is 0 Å². The van der Waals surface area contributed by atoms with Crippen molar-refractivity contribution >= 4 is 11.7 Å². The monoisotopic (exact) mass is 418 g/mol. The van der Waals surface area contributed by atoms with Crippen molar-refractivity contribution in [3.8, 4) is 6.07 Å². The normalized spacial score (nSPS) is 12.2. The van der Waals surface area contributed by atoms with Crippen LogP contribution < -0.4 is 10.6 Å². The van der Waals surface area contributed by atoms with Crippen molar-refractivity contribution in [2.45, 2.75) is 12.0 Å². The Morgan fingerprint density at radius 1 is 0.875 bits per heavy atom. The standard InChI is InChI=1S/C27H22N4O/c28-20-22-12-9-15-24(18-22)30-26(32)31-27(23-13-5-2-6-14-23,25-16-7-8-17-29-25)19-21-10-3-1-4-11-21/h1-18H,19H2,(H2,30,31,32). The lowest BCUT2D eigenvalue weighted by atomic mass is 9.80. The second-order valence-corrected chi connectivity index (χ2v) is 7.42. The summed E-state index contributed by atoms with van der Waals surface area (Å²) in [5, 5.41) is 15.2. The van der Waals surface area contributed by atoms with Crippen LogP contribution in [0.25, 0.3) is 0 Å². The van der Waals surface area contributed by atoms with E-state index >= 15 is 0 Å². The van der Waals surface area contributed by atoms with Crippen molar-refractivity contribution in [3.05, 3.63) is 132 Å². The third-order valence-corrected chi connectivity index (χ3v) is 5.26. The summed E-state index contributed by atoms with van der Waals surface area (Å²) in [5.74, 6) is 0. The SMILES string of the molecule is N#Cc1cccc(NC(=O)NC(Cc2ccccc2)(c2ccccc2)c2ccccn2)c1. The van der Waals surface area contributed by atoms with E-state index in [4.69, 9.17) is 5.26 Å². The highest BCUT2D eigenvalue weighted by molar-refractivity contribution is 5.90. The molecule has 0 saturated heterocycles. The number of carbonyl (C=O) groups is 1. The molecule has 2 N–H and O–H groups in total. The molecule has 32 heavy (non-hydrogen) atoms. The number of hydrogen-bond acceptors (Lipinski definition) is 3. The molecule has 1 heterocycles. The summed E-state index contributed by atoms with van der Waals surface area (Å²) in [5.41, 5.74) is 2.84. The zero-order chi connectivity index (χ0) is 22.2. The van der Waals surface area contributed by atoms with E-state index in [0.29, 0.717) is 17.7 Å². The molecule has 1 aromatic heterocycles. The van der Waals surface area contributed by atoms with E-state index in [9.17, 15) is 4.79 Å². The predicted octanol–water partition coefficient (Wildman–Crippen LogP) is 5.26. The van der Waals surface area contributed by atoms with Crippen LogP contribution in [0.4, 0.5) is 10.5 Å². The van der Waals surface area contributed by atoms with Gasteiger partial charge in [0, 0.05) is 18.3 Å². The van der Waals surface area contributed by atoms with E-state index < -0.39 is 5.54 Å². The van der Waals surface area contributed by atoms with Gasteiger partial charge in [0.25, 0.3) is 0 Å². The summed E-state index contributed by atoms with van der Waals surface area (Å²) < 4.78 is 0. The Bertz CT molecular complexity index is 1180. The maximum Gasteiger partial charge on any atom is 0.320 e. The van der Waals surface area contributed by atoms with Gasteiger partial charge in [-0.1, -0.05) is 72.8 Å². The fourth-order valence-corrected chi connectivity index (χ4v) is 3.78. The minimum Gasteiger partial charge on any atom is -0.322 e. The van der Waals surface area contributed by atoms with Crippen LogP contribution >= 0.6 is 0 Å². The number of anilines is 1. The lowest BCUT2D eigenvalue weighted by Crippen LogP contribution is -2.50. The van der Waals surface area contributed by atoms with Crippen LogP contribution in [0, 0.1) is 11.3 Å². The molecule has 0 fully saturated rings. The molecular weight excluding hydrogens is 396 g/mol. The molecule has 3 aromatic carbocycles. The lowest BCUT2D eigenvalue weighted by molar-refractivity contribution is 0.241. The Morgan fingerprint density at radius 3 is 2.28 bits per heavy atom. The minimum absolute atomic E-state index is 0.384. The van der Waals surface area contributed by atoms with Gasteiger partial charge in [-0.05, 0) is 41.5 Å². The molecule has 5 nitrogen and oxygen atoms in total. The number of nitriles is 1. The van der Waals surface area contributed by atoms with Gasteiger partial charge in [0.15, 0.2) is 0 Å². The molecule has 1 atom stereocenters. The molecule has 0 bridgehead atoms. The second-order valence-electron chi connectivity index (χ2n) is 7.42. The number of urea groups is 1. The average molecular weight is 419 g/mol. The molecule has 156 valence electrons. The first-order valence-electron chi connectivity index (χ1n) is 10.3. The predicted molar refractivity (Wildman–Crippen MR) is 125 cm³/mol. The Hall–Kier alpha value is -4.43. The first kappa shape index (κ1) is 20.8. The summed E-state index contributed by atoms with van der Waals surface area (Å²) in [4.78, 5) is 17.9. The van der Waals surface area contributed by atoms with E-state index in [-0.39, 0.29) is 6.03 Å². The number of rotatable bonds is 6. The van der Waals surface area contributed by atoms with Crippen LogP contribution in [0.15, 0.2) is 109 Å². The first-order valence-corrected chi connectivity index (χ1v) is 10.3. The summed E-state index contributed by atoms with van der Waals surface area (Å²) in [6.07, 6.45) is 2.24. The molecule has 0 saturated carbocycles. The third kappa shape index (κ3) is 4.66. The summed E-state index contributed by atoms with van der Waals surface area (Å²) in [6.45, 7) is 0. The van der Waals surface area contributed by atoms with Crippen molar-refractivity contribution in [1.29, 1.82) is 5.26 Å². The van der Waals surface area contributed by atoms with Crippen molar-refractivity contribution in [2.75, 3.05) is 5.32 Å². The molecule has 0 radical (unpaired) electrons. The van der Waals surface area contributed by atoms with Crippen molar-refractivity contribution in [3.63, 3.8) is 0 Å². The number of benzene rings is 3. The number of pyridine rings is 1. The largest absolute Gasteiger partial charge is 0.322 e. The van der Waals surface area contributed by atoms with Gasteiger partial charge in [-0.3, -0.25) is 4.98 Å². The Kier molecular flexibility index (Phi) is 6.24. The Balaban J connectivity index is 1.77. The van der Waals surface area contributed by atoms with Crippen molar-refractivity contribution in [1.82, 2.24) is 10.3 Å². The van der Waals surface area contributed by atoms with Gasteiger partial charge in [0.05, 0.1) is 17.3 Å². The van der Waals surface area contributed by atoms with E-state index in [1.807, 2.05) is 78.9 Å². The number of amides is 2. The summed E-state index contributed by atoms with van der Waals surface area (Å²) in [6, 6.07) is 34.1. The van der Waals surface area contributed by atoms with Crippen LogP contribution in [-0.2, 0) is 12.0 Å². The highest BCUT2D eigenvalue weighted by Gasteiger charge is 2.37. The van der Waals surface area contributed by atoms with Crippen LogP contribution in [0.5, 0.6) is 0 Å². The smallest absolute Gasteiger partial charge is 0.320 e. The van der Waals surface area contributed by atoms with Crippen LogP contribution in [0.1, 0.15) is 22.4 Å². The van der Waals surface area contributed by atoms with Gasteiger partial charge in [0.1, 0.15) is 5.54 Å². The van der Waals surface area contributed by atoms with E-state index in [1.165, 1.54) is 0 Å². The second kappa shape index (κ2) is 9.59. The molecule has 4 rings (SSSR count). The fraction of sp³-hybridized carbons (Fsp3) is 0.0741. The maximum absolute atomic E-state index is 13.2. The van der Waals surface area contributed by atoms with Crippen molar-refractivity contribution < 1.29 is 4.79 Å². The highest BCUT2D eigenvalue weighted by Crippen LogP contribution is 2.32. The lowest BCUT2D eigenvalue weighted by Gasteiger charge is -2.35. The average Bonchev–Trinajstić information content (AvgIpc) is 2.85. The molecule has 2 amide bonds. The van der Waals surface area contributed by atoms with Crippen LogP contribution in [-0.4, -0.2) is 11.0 Å². The number of nitrogens with zero attached hydrogens (tertiary/aromatic N) is 2. The van der Waals surface area contributed by atoms with E-state index in [0.717, 1.165) is 16.8 Å². The quantitative estimate of drug-likeness (QED) is 0.448. The molecule has 0 aliphatic carbocycles. The summed E-state index contributed by atoms with van der Waals surface area (Å²) in [7, 11) is 0. The maximum atomic E-state index is 13.2. The van der Waals surface area contributed by atoms with Gasteiger partial charge in [0.2, 0.25) is 0 Å². The summed E-state index contributed by atoms with van der Waals surface area (Å²) >= 11 is 0. The highest BCUT2D eigenvalue weighted by atomic mass is 16.2. The van der Waals surface area contributed by atoms with Gasteiger partial charge in [-0.25, -0.2) is 4.79 Å². The molecule has 0 spiro atoms. The number of nitrogens with one attached hydrogen (secondary N) is 2. The fourth-order valence-electron chi connectivity index (χ4n) is 3.78. The van der Waals surface area contributed by atoms with Gasteiger partial charge >= 0.3 is 6.03 Å². The molecular formula is C27H22N4O. The molecule has 4 aromatic rings. The Labute approximate surface area is 187 Å². The van der Waals surface area contributed by atoms with Crippen LogP contribution in [0.2, 0.25) is 0 Å². The molecule has 1 unspecified atom stereocenters. The number of aromatic nitrogens is 1. The topological polar surface area (TPSA) is 77.8 Å². The number of carbonyl (C=O) groups excluding carboxylic acids is 1. The van der Waals surface area contributed by atoms with E-state index in [2.05, 4.69) is 21.7 Å². The van der Waals surface area contributed by atoms with Gasteiger partial charge in [-0.15, -0.1) is 0 Å². The molecule has 0 aliphatic rings. The zero-order valence-corrected chi connectivity index (χ0v) is 17.4. The van der Waals surface area contributed by atoms with Gasteiger partial charge < -0.3 is 10.6 Å². The van der Waals surface area contributed by atoms with Gasteiger partial charge in [-0.2, -0.15) is 5.26 Å².